The summed E-state index contributed by atoms with van der Waals surface area (Å²) in [5, 5.41) is 3.56. The summed E-state index contributed by atoms with van der Waals surface area (Å²) in [6, 6.07) is 15.5. The van der Waals surface area contributed by atoms with Crippen LogP contribution in [0, 0.1) is 0 Å². The normalized spacial score (nSPS) is 11.2. The standard InChI is InChI=1S/C17H14N2O3S2/c1-24(21,22)14-9-5-8-13(10-14)19-17-18-11-15(23-17)16(20)12-6-3-2-4-7-12/h2-11H,1H3,(H,18,19). The lowest BCUT2D eigenvalue weighted by molar-refractivity contribution is 0.104. The van der Waals surface area contributed by atoms with Crippen molar-refractivity contribution in [3.8, 4) is 0 Å². The molecule has 0 aliphatic carbocycles. The van der Waals surface area contributed by atoms with E-state index in [4.69, 9.17) is 0 Å². The largest absolute Gasteiger partial charge is 0.331 e. The molecule has 0 amide bonds. The monoisotopic (exact) mass is 358 g/mol. The number of carbonyl (C=O) groups excluding carboxylic acids is 1. The van der Waals surface area contributed by atoms with Crippen molar-refractivity contribution in [1.82, 2.24) is 4.98 Å². The number of anilines is 2. The molecule has 1 heterocycles. The maximum atomic E-state index is 12.4. The van der Waals surface area contributed by atoms with Crippen LogP contribution in [0.3, 0.4) is 0 Å². The number of sulfone groups is 1. The molecule has 0 spiro atoms. The third kappa shape index (κ3) is 3.69. The third-order valence-corrected chi connectivity index (χ3v) is 5.30. The number of carbonyl (C=O) groups is 1. The molecule has 2 aromatic carbocycles. The molecule has 3 rings (SSSR count). The lowest BCUT2D eigenvalue weighted by atomic mass is 10.1. The van der Waals surface area contributed by atoms with E-state index in [9.17, 15) is 13.2 Å². The van der Waals surface area contributed by atoms with Crippen molar-refractivity contribution >= 4 is 37.8 Å². The fraction of sp³-hybridized carbons (Fsp3) is 0.0588. The van der Waals surface area contributed by atoms with Crippen molar-refractivity contribution in [2.75, 3.05) is 11.6 Å². The van der Waals surface area contributed by atoms with Gasteiger partial charge < -0.3 is 5.32 Å². The van der Waals surface area contributed by atoms with Crippen molar-refractivity contribution < 1.29 is 13.2 Å². The molecule has 0 bridgehead atoms. The third-order valence-electron chi connectivity index (χ3n) is 3.28. The zero-order valence-corrected chi connectivity index (χ0v) is 14.4. The topological polar surface area (TPSA) is 76.1 Å². The van der Waals surface area contributed by atoms with Crippen LogP contribution in [0.1, 0.15) is 15.2 Å². The SMILES string of the molecule is CS(=O)(=O)c1cccc(Nc2ncc(C(=O)c3ccccc3)s2)c1. The van der Waals surface area contributed by atoms with Crippen LogP contribution in [0.5, 0.6) is 0 Å². The first-order valence-corrected chi connectivity index (χ1v) is 9.77. The van der Waals surface area contributed by atoms with Crippen molar-refractivity contribution in [3.63, 3.8) is 0 Å². The van der Waals surface area contributed by atoms with Gasteiger partial charge in [-0.3, -0.25) is 4.79 Å². The summed E-state index contributed by atoms with van der Waals surface area (Å²) >= 11 is 1.22. The quantitative estimate of drug-likeness (QED) is 0.706. The highest BCUT2D eigenvalue weighted by Gasteiger charge is 2.13. The second-order valence-corrected chi connectivity index (χ2v) is 8.20. The van der Waals surface area contributed by atoms with Crippen LogP contribution in [0.15, 0.2) is 65.7 Å². The number of hydrogen-bond donors (Lipinski definition) is 1. The number of ketones is 1. The molecule has 0 saturated heterocycles. The number of rotatable bonds is 5. The van der Waals surface area contributed by atoms with E-state index in [-0.39, 0.29) is 10.7 Å². The highest BCUT2D eigenvalue weighted by Crippen LogP contribution is 2.25. The van der Waals surface area contributed by atoms with Crippen LogP contribution in [0.4, 0.5) is 10.8 Å². The predicted octanol–water partition coefficient (Wildman–Crippen LogP) is 3.52. The number of nitrogens with one attached hydrogen (secondary N) is 1. The summed E-state index contributed by atoms with van der Waals surface area (Å²) in [4.78, 5) is 17.3. The molecule has 3 aromatic rings. The van der Waals surface area contributed by atoms with Gasteiger partial charge >= 0.3 is 0 Å². The summed E-state index contributed by atoms with van der Waals surface area (Å²) in [7, 11) is -3.27. The van der Waals surface area contributed by atoms with Gasteiger partial charge in [0, 0.05) is 17.5 Å². The van der Waals surface area contributed by atoms with Crippen LogP contribution in [0.25, 0.3) is 0 Å². The lowest BCUT2D eigenvalue weighted by Gasteiger charge is -2.04. The zero-order chi connectivity index (χ0) is 17.2. The molecule has 0 fully saturated rings. The number of thiazole rings is 1. The maximum Gasteiger partial charge on any atom is 0.204 e. The molecule has 0 radical (unpaired) electrons. The summed E-state index contributed by atoms with van der Waals surface area (Å²) in [6.07, 6.45) is 2.68. The number of hydrogen-bond acceptors (Lipinski definition) is 6. The van der Waals surface area contributed by atoms with E-state index >= 15 is 0 Å². The molecule has 7 heteroatoms. The number of benzene rings is 2. The van der Waals surface area contributed by atoms with Gasteiger partial charge in [0.1, 0.15) is 0 Å². The van der Waals surface area contributed by atoms with Crippen LogP contribution in [-0.4, -0.2) is 25.4 Å². The Labute approximate surface area is 143 Å². The van der Waals surface area contributed by atoms with Crippen LogP contribution in [0.2, 0.25) is 0 Å². The first-order chi connectivity index (χ1) is 11.4. The van der Waals surface area contributed by atoms with E-state index in [2.05, 4.69) is 10.3 Å². The fourth-order valence-corrected chi connectivity index (χ4v) is 3.56. The van der Waals surface area contributed by atoms with Gasteiger partial charge in [-0.25, -0.2) is 13.4 Å². The van der Waals surface area contributed by atoms with E-state index in [1.54, 1.807) is 24.3 Å². The molecule has 0 atom stereocenters. The second-order valence-electron chi connectivity index (χ2n) is 5.15. The van der Waals surface area contributed by atoms with Gasteiger partial charge in [-0.15, -0.1) is 0 Å². The first kappa shape index (κ1) is 16.4. The Kier molecular flexibility index (Phi) is 4.46. The first-order valence-electron chi connectivity index (χ1n) is 7.06. The van der Waals surface area contributed by atoms with Gasteiger partial charge in [-0.1, -0.05) is 47.7 Å². The number of nitrogens with zero attached hydrogens (tertiary/aromatic N) is 1. The minimum absolute atomic E-state index is 0.0916. The molecular formula is C17H14N2O3S2. The Balaban J connectivity index is 1.81. The molecule has 5 nitrogen and oxygen atoms in total. The van der Waals surface area contributed by atoms with Gasteiger partial charge in [0.25, 0.3) is 0 Å². The Morgan fingerprint density at radius 3 is 2.54 bits per heavy atom. The van der Waals surface area contributed by atoms with E-state index in [0.29, 0.717) is 21.3 Å². The van der Waals surface area contributed by atoms with Gasteiger partial charge in [0.2, 0.25) is 5.78 Å². The van der Waals surface area contributed by atoms with Crippen molar-refractivity contribution in [3.05, 3.63) is 71.2 Å². The van der Waals surface area contributed by atoms with E-state index in [0.717, 1.165) is 6.26 Å². The van der Waals surface area contributed by atoms with Crippen LogP contribution < -0.4 is 5.32 Å². The highest BCUT2D eigenvalue weighted by atomic mass is 32.2. The second kappa shape index (κ2) is 6.54. The Morgan fingerprint density at radius 1 is 1.08 bits per heavy atom. The smallest absolute Gasteiger partial charge is 0.204 e. The van der Waals surface area contributed by atoms with Gasteiger partial charge in [0.05, 0.1) is 16.0 Å². The Hall–Kier alpha value is -2.51. The molecule has 0 saturated carbocycles. The van der Waals surface area contributed by atoms with Gasteiger partial charge in [-0.2, -0.15) is 0 Å². The maximum absolute atomic E-state index is 12.4. The minimum Gasteiger partial charge on any atom is -0.331 e. The Bertz CT molecular complexity index is 980. The average molecular weight is 358 g/mol. The molecule has 122 valence electrons. The number of aromatic nitrogens is 1. The van der Waals surface area contributed by atoms with E-state index in [1.807, 2.05) is 18.2 Å². The molecule has 1 aromatic heterocycles. The summed E-state index contributed by atoms with van der Waals surface area (Å²) in [5.41, 5.74) is 1.21. The van der Waals surface area contributed by atoms with Gasteiger partial charge in [-0.05, 0) is 18.2 Å². The molecule has 1 N–H and O–H groups in total. The summed E-state index contributed by atoms with van der Waals surface area (Å²) in [5.74, 6) is -0.0916. The molecule has 0 aliphatic heterocycles. The van der Waals surface area contributed by atoms with E-state index < -0.39 is 9.84 Å². The molecule has 24 heavy (non-hydrogen) atoms. The van der Waals surface area contributed by atoms with Crippen LogP contribution in [-0.2, 0) is 9.84 Å². The predicted molar refractivity (Wildman–Crippen MR) is 94.8 cm³/mol. The molecule has 0 aliphatic rings. The highest BCUT2D eigenvalue weighted by molar-refractivity contribution is 7.90. The van der Waals surface area contributed by atoms with Crippen LogP contribution >= 0.6 is 11.3 Å². The average Bonchev–Trinajstić information content (AvgIpc) is 3.03. The fourth-order valence-electron chi connectivity index (χ4n) is 2.10. The lowest BCUT2D eigenvalue weighted by Crippen LogP contribution is -1.98. The summed E-state index contributed by atoms with van der Waals surface area (Å²) < 4.78 is 23.2. The zero-order valence-electron chi connectivity index (χ0n) is 12.8. The van der Waals surface area contributed by atoms with E-state index in [1.165, 1.54) is 29.7 Å². The minimum atomic E-state index is -3.27. The van der Waals surface area contributed by atoms with Gasteiger partial charge in [0.15, 0.2) is 15.0 Å². The summed E-state index contributed by atoms with van der Waals surface area (Å²) in [6.45, 7) is 0. The van der Waals surface area contributed by atoms with Crippen molar-refractivity contribution in [2.24, 2.45) is 0 Å². The molecular weight excluding hydrogens is 344 g/mol. The molecule has 0 unspecified atom stereocenters. The van der Waals surface area contributed by atoms with Crippen molar-refractivity contribution in [1.29, 1.82) is 0 Å². The van der Waals surface area contributed by atoms with Crippen molar-refractivity contribution in [2.45, 2.75) is 4.90 Å². The Morgan fingerprint density at radius 2 is 1.83 bits per heavy atom.